The lowest BCUT2D eigenvalue weighted by Gasteiger charge is -2.58. The van der Waals surface area contributed by atoms with Gasteiger partial charge in [-0.2, -0.15) is 0 Å². The van der Waals surface area contributed by atoms with Crippen LogP contribution in [0.5, 0.6) is 0 Å². The van der Waals surface area contributed by atoms with Gasteiger partial charge in [-0.3, -0.25) is 4.90 Å². The molecule has 3 nitrogen and oxygen atoms in total. The van der Waals surface area contributed by atoms with Crippen LogP contribution in [0.15, 0.2) is 30.3 Å². The van der Waals surface area contributed by atoms with Crippen molar-refractivity contribution in [1.82, 2.24) is 4.90 Å². The van der Waals surface area contributed by atoms with Gasteiger partial charge in [0.15, 0.2) is 0 Å². The van der Waals surface area contributed by atoms with Crippen LogP contribution in [0.1, 0.15) is 65.4 Å². The van der Waals surface area contributed by atoms with Crippen LogP contribution in [0.4, 0.5) is 0 Å². The van der Waals surface area contributed by atoms with Gasteiger partial charge < -0.3 is 10.2 Å². The van der Waals surface area contributed by atoms with Crippen LogP contribution >= 0.6 is 0 Å². The topological polar surface area (TPSA) is 43.7 Å². The van der Waals surface area contributed by atoms with Crippen LogP contribution in [0.2, 0.25) is 0 Å². The van der Waals surface area contributed by atoms with Crippen molar-refractivity contribution in [2.45, 2.75) is 82.0 Å². The normalized spacial score (nSPS) is 37.9. The molecule has 0 saturated carbocycles. The molecule has 1 aromatic rings. The lowest BCUT2D eigenvalue weighted by atomic mass is 9.64. The van der Waals surface area contributed by atoms with Crippen LogP contribution in [0.25, 0.3) is 0 Å². The van der Waals surface area contributed by atoms with E-state index in [2.05, 4.69) is 49.1 Å². The van der Waals surface area contributed by atoms with Gasteiger partial charge in [0.05, 0.1) is 11.2 Å². The maximum absolute atomic E-state index is 11.1. The Morgan fingerprint density at radius 1 is 1.08 bits per heavy atom. The van der Waals surface area contributed by atoms with Crippen molar-refractivity contribution in [3.8, 4) is 0 Å². The van der Waals surface area contributed by atoms with Gasteiger partial charge in [-0.15, -0.1) is 0 Å². The zero-order valence-electron chi connectivity index (χ0n) is 15.7. The second kappa shape index (κ2) is 5.82. The Morgan fingerprint density at radius 3 is 2.38 bits per heavy atom. The van der Waals surface area contributed by atoms with Gasteiger partial charge in [0.2, 0.25) is 0 Å². The number of hydrogen-bond acceptors (Lipinski definition) is 3. The third kappa shape index (κ3) is 3.54. The Morgan fingerprint density at radius 2 is 1.75 bits per heavy atom. The Balaban J connectivity index is 1.77. The van der Waals surface area contributed by atoms with Crippen LogP contribution in [0.3, 0.4) is 0 Å². The SMILES string of the molecule is CC(C)(O)CC1(O)CCN2CC(C)(c3ccccc3)CCC2(C)C1. The van der Waals surface area contributed by atoms with E-state index < -0.39 is 11.2 Å². The molecule has 0 aromatic heterocycles. The minimum atomic E-state index is -0.819. The minimum Gasteiger partial charge on any atom is -0.390 e. The highest BCUT2D eigenvalue weighted by Gasteiger charge is 2.51. The van der Waals surface area contributed by atoms with Gasteiger partial charge in [0.1, 0.15) is 0 Å². The molecule has 2 N–H and O–H groups in total. The molecule has 2 saturated heterocycles. The van der Waals surface area contributed by atoms with Crippen LogP contribution in [0, 0.1) is 0 Å². The van der Waals surface area contributed by atoms with Crippen LogP contribution < -0.4 is 0 Å². The molecule has 0 aliphatic carbocycles. The summed E-state index contributed by atoms with van der Waals surface area (Å²) < 4.78 is 0. The maximum atomic E-state index is 11.1. The highest BCUT2D eigenvalue weighted by Crippen LogP contribution is 2.48. The molecule has 3 heteroatoms. The van der Waals surface area contributed by atoms with Crippen LogP contribution in [-0.4, -0.2) is 44.9 Å². The monoisotopic (exact) mass is 331 g/mol. The van der Waals surface area contributed by atoms with Gasteiger partial charge in [0.25, 0.3) is 0 Å². The molecule has 1 aromatic carbocycles. The molecule has 0 bridgehead atoms. The zero-order valence-corrected chi connectivity index (χ0v) is 15.7. The summed E-state index contributed by atoms with van der Waals surface area (Å²) in [5, 5.41) is 21.2. The van der Waals surface area contributed by atoms with Gasteiger partial charge in [-0.1, -0.05) is 37.3 Å². The second-order valence-electron chi connectivity index (χ2n) is 9.49. The molecule has 3 rings (SSSR count). The summed E-state index contributed by atoms with van der Waals surface area (Å²) in [7, 11) is 0. The van der Waals surface area contributed by atoms with Gasteiger partial charge >= 0.3 is 0 Å². The average molecular weight is 332 g/mol. The van der Waals surface area contributed by atoms with Crippen molar-refractivity contribution in [2.24, 2.45) is 0 Å². The molecule has 3 unspecified atom stereocenters. The number of hydrogen-bond donors (Lipinski definition) is 2. The molecule has 2 heterocycles. The summed E-state index contributed by atoms with van der Waals surface area (Å²) in [6.07, 6.45) is 4.20. The standard InChI is InChI=1S/C21H33NO2/c1-18(2,23)14-21(24)12-13-22-16-19(3,10-11-20(22,4)15-21)17-8-6-5-7-9-17/h5-9,23-24H,10-16H2,1-4H3. The van der Waals surface area contributed by atoms with E-state index in [4.69, 9.17) is 0 Å². The Labute approximate surface area is 146 Å². The second-order valence-corrected chi connectivity index (χ2v) is 9.49. The number of fused-ring (bicyclic) bond motifs is 1. The smallest absolute Gasteiger partial charge is 0.0704 e. The molecule has 2 aliphatic rings. The Kier molecular flexibility index (Phi) is 4.35. The first-order valence-electron chi connectivity index (χ1n) is 9.29. The first-order valence-corrected chi connectivity index (χ1v) is 9.29. The maximum Gasteiger partial charge on any atom is 0.0704 e. The van der Waals surface area contributed by atoms with Crippen molar-refractivity contribution in [2.75, 3.05) is 13.1 Å². The van der Waals surface area contributed by atoms with Gasteiger partial charge in [-0.05, 0) is 52.0 Å². The first kappa shape index (κ1) is 17.9. The fourth-order valence-corrected chi connectivity index (χ4v) is 5.12. The van der Waals surface area contributed by atoms with E-state index in [1.165, 1.54) is 5.56 Å². The molecule has 3 atom stereocenters. The molecular weight excluding hydrogens is 298 g/mol. The number of rotatable bonds is 3. The van der Waals surface area contributed by atoms with E-state index >= 15 is 0 Å². The number of nitrogens with zero attached hydrogens (tertiary/aromatic N) is 1. The molecule has 2 fully saturated rings. The van der Waals surface area contributed by atoms with Gasteiger partial charge in [-0.25, -0.2) is 0 Å². The lowest BCUT2D eigenvalue weighted by molar-refractivity contribution is -0.133. The largest absolute Gasteiger partial charge is 0.390 e. The number of aliphatic hydroxyl groups is 2. The third-order valence-electron chi connectivity index (χ3n) is 6.31. The van der Waals surface area contributed by atoms with E-state index in [1.54, 1.807) is 13.8 Å². The Bertz CT molecular complexity index is 581. The van der Waals surface area contributed by atoms with Gasteiger partial charge in [0, 0.05) is 30.5 Å². The van der Waals surface area contributed by atoms with Crippen molar-refractivity contribution in [3.63, 3.8) is 0 Å². The van der Waals surface area contributed by atoms with Crippen LogP contribution in [-0.2, 0) is 5.41 Å². The molecular formula is C21H33NO2. The molecule has 24 heavy (non-hydrogen) atoms. The highest BCUT2D eigenvalue weighted by atomic mass is 16.3. The Hall–Kier alpha value is -0.900. The predicted molar refractivity (Wildman–Crippen MR) is 98.1 cm³/mol. The summed E-state index contributed by atoms with van der Waals surface area (Å²) in [5.74, 6) is 0. The predicted octanol–water partition coefficient (Wildman–Crippen LogP) is 3.48. The van der Waals surface area contributed by atoms with E-state index in [0.29, 0.717) is 6.42 Å². The van der Waals surface area contributed by atoms with E-state index in [0.717, 1.165) is 38.8 Å². The first-order chi connectivity index (χ1) is 11.0. The molecule has 0 spiro atoms. The highest BCUT2D eigenvalue weighted by molar-refractivity contribution is 5.27. The fraction of sp³-hybridized carbons (Fsp3) is 0.714. The fourth-order valence-electron chi connectivity index (χ4n) is 5.12. The number of piperidine rings is 2. The number of benzene rings is 1. The van der Waals surface area contributed by atoms with Crippen molar-refractivity contribution < 1.29 is 10.2 Å². The third-order valence-corrected chi connectivity index (χ3v) is 6.31. The summed E-state index contributed by atoms with van der Waals surface area (Å²) in [5.41, 5.74) is 0.0770. The molecule has 0 radical (unpaired) electrons. The van der Waals surface area contributed by atoms with E-state index in [1.807, 2.05) is 0 Å². The van der Waals surface area contributed by atoms with Crippen molar-refractivity contribution in [3.05, 3.63) is 35.9 Å². The van der Waals surface area contributed by atoms with Crippen molar-refractivity contribution in [1.29, 1.82) is 0 Å². The van der Waals surface area contributed by atoms with Crippen molar-refractivity contribution >= 4 is 0 Å². The molecule has 0 amide bonds. The zero-order chi connectivity index (χ0) is 17.6. The molecule has 134 valence electrons. The minimum absolute atomic E-state index is 0.0343. The summed E-state index contributed by atoms with van der Waals surface area (Å²) in [6.45, 7) is 10.2. The summed E-state index contributed by atoms with van der Waals surface area (Å²) in [6, 6.07) is 10.8. The van der Waals surface area contributed by atoms with E-state index in [9.17, 15) is 10.2 Å². The lowest BCUT2D eigenvalue weighted by Crippen LogP contribution is -2.64. The summed E-state index contributed by atoms with van der Waals surface area (Å²) in [4.78, 5) is 2.59. The molecule has 2 aliphatic heterocycles. The quantitative estimate of drug-likeness (QED) is 0.891. The average Bonchev–Trinajstić information content (AvgIpc) is 2.47. The summed E-state index contributed by atoms with van der Waals surface area (Å²) >= 11 is 0. The van der Waals surface area contributed by atoms with E-state index in [-0.39, 0.29) is 11.0 Å².